The molecular weight excluding hydrogens is 160 g/mol. The molecule has 1 heterocycles. The first-order valence-electron chi connectivity index (χ1n) is 4.01. The maximum absolute atomic E-state index is 10.1. The molecule has 1 aliphatic carbocycles. The predicted octanol–water partition coefficient (Wildman–Crippen LogP) is -0.398. The number of rotatable bonds is 2. The maximum atomic E-state index is 10.1. The van der Waals surface area contributed by atoms with Crippen LogP contribution < -0.4 is 5.32 Å². The Morgan fingerprint density at radius 1 is 1.67 bits per heavy atom. The van der Waals surface area contributed by atoms with Gasteiger partial charge in [0, 0.05) is 19.1 Å². The second-order valence-corrected chi connectivity index (χ2v) is 3.01. The van der Waals surface area contributed by atoms with Gasteiger partial charge in [0.25, 0.3) is 5.96 Å². The minimum Gasteiger partial charge on any atom is -0.349 e. The fourth-order valence-electron chi connectivity index (χ4n) is 1.41. The summed E-state index contributed by atoms with van der Waals surface area (Å²) in [6.45, 7) is 1.61. The first kappa shape index (κ1) is 7.33. The van der Waals surface area contributed by atoms with Gasteiger partial charge in [-0.2, -0.15) is 0 Å². The molecule has 0 spiro atoms. The van der Waals surface area contributed by atoms with Gasteiger partial charge in [0.2, 0.25) is 0 Å². The lowest BCUT2D eigenvalue weighted by Gasteiger charge is -2.12. The van der Waals surface area contributed by atoms with E-state index in [1.807, 2.05) is 4.90 Å². The van der Waals surface area contributed by atoms with E-state index >= 15 is 0 Å². The SMILES string of the molecule is O=[N+]([O-])/N=C1\NCCN1C1CC1. The van der Waals surface area contributed by atoms with Gasteiger partial charge in [0.1, 0.15) is 5.10 Å². The zero-order chi connectivity index (χ0) is 8.55. The Morgan fingerprint density at radius 2 is 2.42 bits per heavy atom. The summed E-state index contributed by atoms with van der Waals surface area (Å²) in [6.07, 6.45) is 2.27. The molecule has 1 saturated carbocycles. The van der Waals surface area contributed by atoms with Crippen LogP contribution in [0.2, 0.25) is 0 Å². The number of hydrogen-bond acceptors (Lipinski definition) is 2. The van der Waals surface area contributed by atoms with E-state index in [4.69, 9.17) is 0 Å². The molecule has 1 aliphatic heterocycles. The van der Waals surface area contributed by atoms with Crippen molar-refractivity contribution in [2.24, 2.45) is 5.10 Å². The van der Waals surface area contributed by atoms with Gasteiger partial charge in [-0.05, 0) is 12.8 Å². The second-order valence-electron chi connectivity index (χ2n) is 3.01. The molecule has 66 valence electrons. The Morgan fingerprint density at radius 3 is 3.00 bits per heavy atom. The molecule has 6 heteroatoms. The van der Waals surface area contributed by atoms with Gasteiger partial charge >= 0.3 is 0 Å². The highest BCUT2D eigenvalue weighted by Gasteiger charge is 2.35. The third-order valence-electron chi connectivity index (χ3n) is 2.07. The molecule has 0 radical (unpaired) electrons. The highest BCUT2D eigenvalue weighted by molar-refractivity contribution is 5.81. The summed E-state index contributed by atoms with van der Waals surface area (Å²) in [5, 5.41) is 15.6. The third-order valence-corrected chi connectivity index (χ3v) is 2.07. The van der Waals surface area contributed by atoms with Crippen molar-refractivity contribution >= 4 is 5.96 Å². The first-order chi connectivity index (χ1) is 5.77. The first-order valence-corrected chi connectivity index (χ1v) is 4.01. The molecule has 0 aromatic rings. The summed E-state index contributed by atoms with van der Waals surface area (Å²) < 4.78 is 0. The quantitative estimate of drug-likeness (QED) is 0.452. The minimum atomic E-state index is -0.650. The summed E-state index contributed by atoms with van der Waals surface area (Å²) in [5.41, 5.74) is 0. The van der Waals surface area contributed by atoms with Crippen LogP contribution in [0.1, 0.15) is 12.8 Å². The molecule has 1 saturated heterocycles. The van der Waals surface area contributed by atoms with E-state index in [-0.39, 0.29) is 0 Å². The zero-order valence-corrected chi connectivity index (χ0v) is 6.56. The number of nitrogens with one attached hydrogen (secondary N) is 1. The van der Waals surface area contributed by atoms with Crippen molar-refractivity contribution in [3.8, 4) is 0 Å². The molecule has 2 aliphatic rings. The van der Waals surface area contributed by atoms with Crippen LogP contribution in [0.4, 0.5) is 0 Å². The van der Waals surface area contributed by atoms with Gasteiger partial charge in [-0.1, -0.05) is 0 Å². The minimum absolute atomic E-state index is 0.433. The monoisotopic (exact) mass is 170 g/mol. The van der Waals surface area contributed by atoms with Crippen LogP contribution in [0.5, 0.6) is 0 Å². The van der Waals surface area contributed by atoms with Gasteiger partial charge in [0.05, 0.1) is 0 Å². The number of hydrazone groups is 1. The van der Waals surface area contributed by atoms with Crippen molar-refractivity contribution in [3.05, 3.63) is 10.1 Å². The van der Waals surface area contributed by atoms with Gasteiger partial charge < -0.3 is 10.2 Å². The molecule has 2 rings (SSSR count). The lowest BCUT2D eigenvalue weighted by Crippen LogP contribution is -2.32. The molecule has 2 fully saturated rings. The summed E-state index contributed by atoms with van der Waals surface area (Å²) in [7, 11) is 0. The van der Waals surface area contributed by atoms with Crippen LogP contribution in [-0.4, -0.2) is 35.0 Å². The molecule has 1 N–H and O–H groups in total. The number of guanidine groups is 1. The highest BCUT2D eigenvalue weighted by Crippen LogP contribution is 2.27. The lowest BCUT2D eigenvalue weighted by molar-refractivity contribution is -0.485. The molecule has 6 nitrogen and oxygen atoms in total. The van der Waals surface area contributed by atoms with Crippen LogP contribution >= 0.6 is 0 Å². The van der Waals surface area contributed by atoms with E-state index in [1.165, 1.54) is 0 Å². The van der Waals surface area contributed by atoms with E-state index < -0.39 is 5.03 Å². The largest absolute Gasteiger partial charge is 0.349 e. The molecule has 12 heavy (non-hydrogen) atoms. The summed E-state index contributed by atoms with van der Waals surface area (Å²) in [6, 6.07) is 0.499. The summed E-state index contributed by atoms with van der Waals surface area (Å²) in [5.74, 6) is 0.433. The van der Waals surface area contributed by atoms with Gasteiger partial charge in [0.15, 0.2) is 5.03 Å². The van der Waals surface area contributed by atoms with E-state index in [1.54, 1.807) is 0 Å². The van der Waals surface area contributed by atoms with Crippen molar-refractivity contribution in [1.82, 2.24) is 10.2 Å². The third kappa shape index (κ3) is 1.32. The van der Waals surface area contributed by atoms with Crippen molar-refractivity contribution in [2.45, 2.75) is 18.9 Å². The number of nitrogens with zero attached hydrogens (tertiary/aromatic N) is 3. The number of hydrogen-bond donors (Lipinski definition) is 1. The highest BCUT2D eigenvalue weighted by atomic mass is 16.7. The summed E-state index contributed by atoms with van der Waals surface area (Å²) in [4.78, 5) is 12.1. The Hall–Kier alpha value is -1.33. The van der Waals surface area contributed by atoms with Crippen LogP contribution in [-0.2, 0) is 0 Å². The Kier molecular flexibility index (Phi) is 1.60. The molecule has 0 unspecified atom stereocenters. The van der Waals surface area contributed by atoms with Gasteiger partial charge in [-0.15, -0.1) is 0 Å². The Balaban J connectivity index is 2.07. The summed E-state index contributed by atoms with van der Waals surface area (Å²) >= 11 is 0. The lowest BCUT2D eigenvalue weighted by atomic mass is 10.5. The molecule has 0 bridgehead atoms. The average molecular weight is 170 g/mol. The Bertz CT molecular complexity index is 236. The maximum Gasteiger partial charge on any atom is 0.271 e. The molecule has 0 atom stereocenters. The average Bonchev–Trinajstić information content (AvgIpc) is 2.73. The van der Waals surface area contributed by atoms with Crippen LogP contribution in [0.25, 0.3) is 0 Å². The predicted molar refractivity (Wildman–Crippen MR) is 42.2 cm³/mol. The molecule has 0 aromatic carbocycles. The van der Waals surface area contributed by atoms with Gasteiger partial charge in [-0.3, -0.25) is 0 Å². The molecule has 0 aromatic heterocycles. The van der Waals surface area contributed by atoms with Crippen molar-refractivity contribution in [1.29, 1.82) is 0 Å². The van der Waals surface area contributed by atoms with E-state index in [9.17, 15) is 10.1 Å². The standard InChI is InChI=1S/C6H10N4O2/c11-10(12)8-6-7-3-4-9(6)5-1-2-5/h5H,1-4H2,(H,7,8). The van der Waals surface area contributed by atoms with Crippen molar-refractivity contribution < 1.29 is 5.03 Å². The zero-order valence-electron chi connectivity index (χ0n) is 6.56. The smallest absolute Gasteiger partial charge is 0.271 e. The molecular formula is C6H10N4O2. The van der Waals surface area contributed by atoms with E-state index in [0.29, 0.717) is 12.0 Å². The van der Waals surface area contributed by atoms with Crippen molar-refractivity contribution in [2.75, 3.05) is 13.1 Å². The van der Waals surface area contributed by atoms with Crippen LogP contribution in [0.3, 0.4) is 0 Å². The van der Waals surface area contributed by atoms with Gasteiger partial charge in [-0.25, -0.2) is 10.1 Å². The second kappa shape index (κ2) is 2.62. The van der Waals surface area contributed by atoms with Crippen LogP contribution in [0.15, 0.2) is 5.10 Å². The van der Waals surface area contributed by atoms with E-state index in [2.05, 4.69) is 10.4 Å². The van der Waals surface area contributed by atoms with Crippen molar-refractivity contribution in [3.63, 3.8) is 0 Å². The Labute approximate surface area is 69.4 Å². The van der Waals surface area contributed by atoms with Crippen LogP contribution in [0, 0.1) is 10.1 Å². The fourth-order valence-corrected chi connectivity index (χ4v) is 1.41. The normalized spacial score (nSPS) is 26.0. The topological polar surface area (TPSA) is 70.8 Å². The molecule has 0 amide bonds. The fraction of sp³-hybridized carbons (Fsp3) is 0.833. The number of nitro groups is 1. The van der Waals surface area contributed by atoms with E-state index in [0.717, 1.165) is 25.9 Å².